The summed E-state index contributed by atoms with van der Waals surface area (Å²) in [6, 6.07) is 4.32. The molecule has 18 heavy (non-hydrogen) atoms. The van der Waals surface area contributed by atoms with E-state index in [4.69, 9.17) is 0 Å². The van der Waals surface area contributed by atoms with E-state index < -0.39 is 6.36 Å². The molecule has 1 aliphatic rings. The molecule has 0 atom stereocenters. The molecule has 0 unspecified atom stereocenters. The number of allylic oxidation sites excluding steroid dienone is 1. The SMILES string of the molecule is CC1=CC(C)(C)Nc2ccc(OC(F)(F)F)cc21. The summed E-state index contributed by atoms with van der Waals surface area (Å²) in [5.41, 5.74) is 2.27. The predicted octanol–water partition coefficient (Wildman–Crippen LogP) is 4.19. The second-order valence-corrected chi connectivity index (χ2v) is 4.93. The molecule has 0 radical (unpaired) electrons. The maximum Gasteiger partial charge on any atom is 0.573 e. The number of anilines is 1. The molecule has 1 aromatic carbocycles. The van der Waals surface area contributed by atoms with Crippen LogP contribution >= 0.6 is 0 Å². The summed E-state index contributed by atoms with van der Waals surface area (Å²) >= 11 is 0. The van der Waals surface area contributed by atoms with Crippen LogP contribution in [0.1, 0.15) is 26.3 Å². The molecule has 2 nitrogen and oxygen atoms in total. The van der Waals surface area contributed by atoms with Crippen molar-refractivity contribution in [1.29, 1.82) is 0 Å². The third-order valence-corrected chi connectivity index (χ3v) is 2.68. The van der Waals surface area contributed by atoms with Gasteiger partial charge >= 0.3 is 6.36 Å². The van der Waals surface area contributed by atoms with E-state index in [2.05, 4.69) is 10.1 Å². The molecule has 0 spiro atoms. The summed E-state index contributed by atoms with van der Waals surface area (Å²) in [5.74, 6) is -0.199. The Bertz CT molecular complexity index is 503. The van der Waals surface area contributed by atoms with Gasteiger partial charge in [0.25, 0.3) is 0 Å². The highest BCUT2D eigenvalue weighted by Crippen LogP contribution is 2.36. The van der Waals surface area contributed by atoms with Gasteiger partial charge in [0.05, 0.1) is 5.54 Å². The van der Waals surface area contributed by atoms with Gasteiger partial charge in [-0.15, -0.1) is 13.2 Å². The van der Waals surface area contributed by atoms with E-state index in [1.807, 2.05) is 26.8 Å². The molecule has 0 aromatic heterocycles. The van der Waals surface area contributed by atoms with Crippen LogP contribution in [0.4, 0.5) is 18.9 Å². The largest absolute Gasteiger partial charge is 0.573 e. The van der Waals surface area contributed by atoms with Gasteiger partial charge in [0.1, 0.15) is 5.75 Å². The number of halogens is 3. The molecule has 1 aromatic rings. The highest BCUT2D eigenvalue weighted by atomic mass is 19.4. The van der Waals surface area contributed by atoms with Gasteiger partial charge in [-0.2, -0.15) is 0 Å². The Morgan fingerprint density at radius 2 is 1.89 bits per heavy atom. The maximum atomic E-state index is 12.1. The second kappa shape index (κ2) is 3.93. The summed E-state index contributed by atoms with van der Waals surface area (Å²) < 4.78 is 40.3. The zero-order valence-corrected chi connectivity index (χ0v) is 10.4. The number of fused-ring (bicyclic) bond motifs is 1. The van der Waals surface area contributed by atoms with Crippen LogP contribution in [0.5, 0.6) is 5.75 Å². The van der Waals surface area contributed by atoms with Gasteiger partial charge in [-0.05, 0) is 44.5 Å². The summed E-state index contributed by atoms with van der Waals surface area (Å²) in [5, 5.41) is 3.24. The van der Waals surface area contributed by atoms with Crippen molar-refractivity contribution in [2.24, 2.45) is 0 Å². The molecule has 1 heterocycles. The molecule has 2 rings (SSSR count). The van der Waals surface area contributed by atoms with E-state index in [-0.39, 0.29) is 11.3 Å². The lowest BCUT2D eigenvalue weighted by Crippen LogP contribution is -2.31. The summed E-state index contributed by atoms with van der Waals surface area (Å²) in [6.07, 6.45) is -2.68. The summed E-state index contributed by atoms with van der Waals surface area (Å²) in [7, 11) is 0. The first-order valence-electron chi connectivity index (χ1n) is 5.54. The molecule has 0 saturated carbocycles. The molecule has 0 bridgehead atoms. The second-order valence-electron chi connectivity index (χ2n) is 4.93. The molecule has 0 fully saturated rings. The van der Waals surface area contributed by atoms with Gasteiger partial charge in [-0.1, -0.05) is 6.08 Å². The fraction of sp³-hybridized carbons (Fsp3) is 0.385. The number of rotatable bonds is 1. The third kappa shape index (κ3) is 2.78. The number of hydrogen-bond acceptors (Lipinski definition) is 2. The normalized spacial score (nSPS) is 17.6. The van der Waals surface area contributed by atoms with Gasteiger partial charge in [0.15, 0.2) is 0 Å². The quantitative estimate of drug-likeness (QED) is 0.814. The van der Waals surface area contributed by atoms with E-state index in [0.717, 1.165) is 16.8 Å². The monoisotopic (exact) mass is 257 g/mol. The van der Waals surface area contributed by atoms with Gasteiger partial charge in [-0.3, -0.25) is 0 Å². The maximum absolute atomic E-state index is 12.1. The zero-order chi connectivity index (χ0) is 13.6. The molecule has 0 amide bonds. The van der Waals surface area contributed by atoms with Crippen LogP contribution in [0.2, 0.25) is 0 Å². The average Bonchev–Trinajstić information content (AvgIpc) is 2.15. The highest BCUT2D eigenvalue weighted by Gasteiger charge is 2.32. The molecular weight excluding hydrogens is 243 g/mol. The molecule has 0 aliphatic carbocycles. The third-order valence-electron chi connectivity index (χ3n) is 2.68. The minimum absolute atomic E-state index is 0.199. The van der Waals surface area contributed by atoms with Crippen LogP contribution in [-0.4, -0.2) is 11.9 Å². The highest BCUT2D eigenvalue weighted by molar-refractivity contribution is 5.80. The van der Waals surface area contributed by atoms with E-state index >= 15 is 0 Å². The van der Waals surface area contributed by atoms with E-state index in [9.17, 15) is 13.2 Å². The number of nitrogens with one attached hydrogen (secondary N) is 1. The van der Waals surface area contributed by atoms with Crippen LogP contribution in [0.3, 0.4) is 0 Å². The van der Waals surface area contributed by atoms with E-state index in [1.165, 1.54) is 12.1 Å². The predicted molar refractivity (Wildman–Crippen MR) is 64.5 cm³/mol. The standard InChI is InChI=1S/C13H14F3NO/c1-8-7-12(2,3)17-11-5-4-9(6-10(8)11)18-13(14,15)16/h4-7,17H,1-3H3. The van der Waals surface area contributed by atoms with E-state index in [1.54, 1.807) is 6.07 Å². The van der Waals surface area contributed by atoms with Crippen molar-refractivity contribution in [3.8, 4) is 5.75 Å². The minimum Gasteiger partial charge on any atom is -0.406 e. The van der Waals surface area contributed by atoms with Crippen molar-refractivity contribution in [2.45, 2.75) is 32.7 Å². The Morgan fingerprint density at radius 1 is 1.22 bits per heavy atom. The minimum atomic E-state index is -4.66. The molecule has 0 saturated heterocycles. The molecule has 1 aliphatic heterocycles. The van der Waals surface area contributed by atoms with Crippen LogP contribution < -0.4 is 10.1 Å². The average molecular weight is 257 g/mol. The lowest BCUT2D eigenvalue weighted by Gasteiger charge is -2.31. The molecular formula is C13H14F3NO. The smallest absolute Gasteiger partial charge is 0.406 e. The van der Waals surface area contributed by atoms with Crippen molar-refractivity contribution < 1.29 is 17.9 Å². The first-order valence-corrected chi connectivity index (χ1v) is 5.54. The number of ether oxygens (including phenoxy) is 1. The molecule has 98 valence electrons. The van der Waals surface area contributed by atoms with Gasteiger partial charge < -0.3 is 10.1 Å². The summed E-state index contributed by atoms with van der Waals surface area (Å²) in [4.78, 5) is 0. The number of hydrogen-bond donors (Lipinski definition) is 1. The van der Waals surface area contributed by atoms with Gasteiger partial charge in [0.2, 0.25) is 0 Å². The Morgan fingerprint density at radius 3 is 2.50 bits per heavy atom. The first-order chi connectivity index (χ1) is 8.16. The lowest BCUT2D eigenvalue weighted by molar-refractivity contribution is -0.274. The zero-order valence-electron chi connectivity index (χ0n) is 10.4. The van der Waals surface area contributed by atoms with Crippen LogP contribution in [-0.2, 0) is 0 Å². The Balaban J connectivity index is 2.37. The summed E-state index contributed by atoms with van der Waals surface area (Å²) in [6.45, 7) is 5.87. The Labute approximate surface area is 103 Å². The van der Waals surface area contributed by atoms with Crippen molar-refractivity contribution in [2.75, 3.05) is 5.32 Å². The molecule has 5 heteroatoms. The topological polar surface area (TPSA) is 21.3 Å². The van der Waals surface area contributed by atoms with Gasteiger partial charge in [-0.25, -0.2) is 0 Å². The first kappa shape index (κ1) is 12.8. The van der Waals surface area contributed by atoms with Crippen molar-refractivity contribution in [3.63, 3.8) is 0 Å². The van der Waals surface area contributed by atoms with Crippen molar-refractivity contribution in [3.05, 3.63) is 29.8 Å². The number of alkyl halides is 3. The lowest BCUT2D eigenvalue weighted by atomic mass is 9.91. The fourth-order valence-electron chi connectivity index (χ4n) is 2.16. The van der Waals surface area contributed by atoms with Crippen LogP contribution in [0, 0.1) is 0 Å². The Kier molecular flexibility index (Phi) is 2.80. The number of benzene rings is 1. The molecule has 1 N–H and O–H groups in total. The van der Waals surface area contributed by atoms with Gasteiger partial charge in [0, 0.05) is 11.3 Å². The van der Waals surface area contributed by atoms with Crippen LogP contribution in [0.15, 0.2) is 24.3 Å². The van der Waals surface area contributed by atoms with Crippen molar-refractivity contribution >= 4 is 11.3 Å². The van der Waals surface area contributed by atoms with E-state index in [0.29, 0.717) is 0 Å². The van der Waals surface area contributed by atoms with Crippen molar-refractivity contribution in [1.82, 2.24) is 0 Å². The fourth-order valence-corrected chi connectivity index (χ4v) is 2.16. The Hall–Kier alpha value is -1.65. The van der Waals surface area contributed by atoms with Crippen LogP contribution in [0.25, 0.3) is 5.57 Å².